The fourth-order valence-corrected chi connectivity index (χ4v) is 2.85. The van der Waals surface area contributed by atoms with Crippen LogP contribution < -0.4 is 9.47 Å². The average Bonchev–Trinajstić information content (AvgIpc) is 2.34. The van der Waals surface area contributed by atoms with E-state index in [2.05, 4.69) is 6.07 Å². The number of methoxy groups -OCH3 is 2. The maximum absolute atomic E-state index is 9.57. The van der Waals surface area contributed by atoms with Gasteiger partial charge in [0.2, 0.25) is 0 Å². The van der Waals surface area contributed by atoms with E-state index in [-0.39, 0.29) is 12.0 Å². The monoisotopic (exact) mass is 250 g/mol. The normalized spacial score (nSPS) is 17.1. The highest BCUT2D eigenvalue weighted by Gasteiger charge is 2.37. The molecule has 0 aliphatic heterocycles. The summed E-state index contributed by atoms with van der Waals surface area (Å²) in [6, 6.07) is 4.04. The third-order valence-electron chi connectivity index (χ3n) is 4.18. The third kappa shape index (κ3) is 2.19. The first kappa shape index (κ1) is 13.2. The molecule has 3 nitrogen and oxygen atoms in total. The second kappa shape index (κ2) is 5.19. The van der Waals surface area contributed by atoms with E-state index in [1.165, 1.54) is 12.0 Å². The number of hydrogen-bond donors (Lipinski definition) is 1. The van der Waals surface area contributed by atoms with Crippen LogP contribution in [-0.2, 0) is 6.42 Å². The minimum Gasteiger partial charge on any atom is -0.496 e. The van der Waals surface area contributed by atoms with Crippen LogP contribution in [0.1, 0.15) is 30.4 Å². The number of ether oxygens (including phenoxy) is 2. The first-order chi connectivity index (χ1) is 8.65. The highest BCUT2D eigenvalue weighted by atomic mass is 16.5. The van der Waals surface area contributed by atoms with Gasteiger partial charge in [-0.3, -0.25) is 0 Å². The fourth-order valence-electron chi connectivity index (χ4n) is 2.85. The summed E-state index contributed by atoms with van der Waals surface area (Å²) in [5.74, 6) is 1.75. The van der Waals surface area contributed by atoms with Crippen molar-refractivity contribution in [2.24, 2.45) is 5.41 Å². The molecule has 18 heavy (non-hydrogen) atoms. The van der Waals surface area contributed by atoms with Crippen molar-refractivity contribution in [1.82, 2.24) is 0 Å². The van der Waals surface area contributed by atoms with Gasteiger partial charge in [-0.2, -0.15) is 0 Å². The highest BCUT2D eigenvalue weighted by molar-refractivity contribution is 5.49. The zero-order chi connectivity index (χ0) is 13.2. The van der Waals surface area contributed by atoms with Crippen LogP contribution in [0, 0.1) is 12.3 Å². The van der Waals surface area contributed by atoms with Gasteiger partial charge in [-0.25, -0.2) is 0 Å². The number of hydrogen-bond acceptors (Lipinski definition) is 3. The molecule has 0 atom stereocenters. The molecule has 0 aromatic heterocycles. The van der Waals surface area contributed by atoms with Crippen molar-refractivity contribution in [3.63, 3.8) is 0 Å². The van der Waals surface area contributed by atoms with Crippen LogP contribution in [0.5, 0.6) is 11.5 Å². The van der Waals surface area contributed by atoms with Crippen molar-refractivity contribution < 1.29 is 14.6 Å². The summed E-state index contributed by atoms with van der Waals surface area (Å²) in [7, 11) is 3.36. The molecule has 0 saturated heterocycles. The lowest BCUT2D eigenvalue weighted by Gasteiger charge is -2.40. The van der Waals surface area contributed by atoms with Crippen LogP contribution in [0.3, 0.4) is 0 Å². The molecule has 100 valence electrons. The number of aliphatic hydroxyl groups excluding tert-OH is 1. The van der Waals surface area contributed by atoms with Gasteiger partial charge in [0.25, 0.3) is 0 Å². The molecule has 0 radical (unpaired) electrons. The number of rotatable bonds is 5. The predicted octanol–water partition coefficient (Wildman–Crippen LogP) is 2.72. The molecule has 2 rings (SSSR count). The molecule has 1 saturated carbocycles. The molecule has 3 heteroatoms. The Morgan fingerprint density at radius 3 is 2.39 bits per heavy atom. The molecule has 0 unspecified atom stereocenters. The van der Waals surface area contributed by atoms with E-state index in [1.54, 1.807) is 14.2 Å². The van der Waals surface area contributed by atoms with Gasteiger partial charge in [-0.05, 0) is 43.2 Å². The van der Waals surface area contributed by atoms with Crippen molar-refractivity contribution in [1.29, 1.82) is 0 Å². The van der Waals surface area contributed by atoms with Gasteiger partial charge < -0.3 is 14.6 Å². The third-order valence-corrected chi connectivity index (χ3v) is 4.18. The van der Waals surface area contributed by atoms with Gasteiger partial charge in [0.05, 0.1) is 14.2 Å². The van der Waals surface area contributed by atoms with Gasteiger partial charge in [0.15, 0.2) is 0 Å². The Morgan fingerprint density at radius 1 is 1.22 bits per heavy atom. The van der Waals surface area contributed by atoms with Crippen LogP contribution in [-0.4, -0.2) is 25.9 Å². The summed E-state index contributed by atoms with van der Waals surface area (Å²) >= 11 is 0. The Kier molecular flexibility index (Phi) is 3.81. The van der Waals surface area contributed by atoms with Crippen LogP contribution in [0.4, 0.5) is 0 Å². The van der Waals surface area contributed by atoms with Gasteiger partial charge in [0, 0.05) is 12.2 Å². The van der Waals surface area contributed by atoms with E-state index in [4.69, 9.17) is 9.47 Å². The molecule has 1 aromatic carbocycles. The molecule has 0 spiro atoms. The minimum atomic E-state index is 0.0777. The summed E-state index contributed by atoms with van der Waals surface area (Å²) < 4.78 is 10.8. The molecule has 0 heterocycles. The molecular weight excluding hydrogens is 228 g/mol. The van der Waals surface area contributed by atoms with Crippen LogP contribution in [0.25, 0.3) is 0 Å². The van der Waals surface area contributed by atoms with Crippen LogP contribution in [0.2, 0.25) is 0 Å². The maximum atomic E-state index is 9.57. The van der Waals surface area contributed by atoms with Gasteiger partial charge in [-0.15, -0.1) is 0 Å². The molecule has 1 aromatic rings. The van der Waals surface area contributed by atoms with Crippen LogP contribution >= 0.6 is 0 Å². The quantitative estimate of drug-likeness (QED) is 0.873. The lowest BCUT2D eigenvalue weighted by molar-refractivity contribution is 0.0445. The van der Waals surface area contributed by atoms with E-state index in [9.17, 15) is 5.11 Å². The first-order valence-electron chi connectivity index (χ1n) is 6.47. The molecule has 1 aliphatic rings. The fraction of sp³-hybridized carbons (Fsp3) is 0.600. The zero-order valence-electron chi connectivity index (χ0n) is 11.5. The van der Waals surface area contributed by atoms with Gasteiger partial charge >= 0.3 is 0 Å². The molecule has 0 bridgehead atoms. The molecular formula is C15H22O3. The second-order valence-corrected chi connectivity index (χ2v) is 5.27. The zero-order valence-corrected chi connectivity index (χ0v) is 11.5. The smallest absolute Gasteiger partial charge is 0.128 e. The van der Waals surface area contributed by atoms with Crippen molar-refractivity contribution in [2.75, 3.05) is 20.8 Å². The van der Waals surface area contributed by atoms with Gasteiger partial charge in [-0.1, -0.05) is 12.5 Å². The Balaban J connectivity index is 2.30. The first-order valence-corrected chi connectivity index (χ1v) is 6.47. The number of aliphatic hydroxyl groups is 1. The van der Waals surface area contributed by atoms with E-state index in [1.807, 2.05) is 13.0 Å². The van der Waals surface area contributed by atoms with Crippen LogP contribution in [0.15, 0.2) is 12.1 Å². The standard InChI is InChI=1S/C15H22O3/c1-11-13(17-2)6-5-12(14(11)18-3)9-15(10-16)7-4-8-15/h5-6,16H,4,7-10H2,1-3H3. The Hall–Kier alpha value is -1.22. The summed E-state index contributed by atoms with van der Waals surface area (Å²) in [6.07, 6.45) is 4.32. The number of benzene rings is 1. The maximum Gasteiger partial charge on any atom is 0.128 e. The van der Waals surface area contributed by atoms with E-state index < -0.39 is 0 Å². The molecule has 0 amide bonds. The van der Waals surface area contributed by atoms with Crippen molar-refractivity contribution in [2.45, 2.75) is 32.6 Å². The minimum absolute atomic E-state index is 0.0777. The Morgan fingerprint density at radius 2 is 1.94 bits per heavy atom. The lowest BCUT2D eigenvalue weighted by Crippen LogP contribution is -2.35. The van der Waals surface area contributed by atoms with E-state index in [0.29, 0.717) is 0 Å². The Bertz CT molecular complexity index is 416. The predicted molar refractivity (Wildman–Crippen MR) is 71.4 cm³/mol. The SMILES string of the molecule is COc1ccc(CC2(CO)CCC2)c(OC)c1C. The molecule has 1 fully saturated rings. The van der Waals surface area contributed by atoms with E-state index >= 15 is 0 Å². The second-order valence-electron chi connectivity index (χ2n) is 5.27. The Labute approximate surface area is 109 Å². The molecule has 1 N–H and O–H groups in total. The largest absolute Gasteiger partial charge is 0.496 e. The van der Waals surface area contributed by atoms with Crippen molar-refractivity contribution >= 4 is 0 Å². The van der Waals surface area contributed by atoms with Crippen molar-refractivity contribution in [3.8, 4) is 11.5 Å². The summed E-state index contributed by atoms with van der Waals surface area (Å²) in [6.45, 7) is 2.27. The summed E-state index contributed by atoms with van der Waals surface area (Å²) in [5, 5.41) is 9.57. The lowest BCUT2D eigenvalue weighted by atomic mass is 9.66. The summed E-state index contributed by atoms with van der Waals surface area (Å²) in [4.78, 5) is 0. The van der Waals surface area contributed by atoms with E-state index in [0.717, 1.165) is 36.3 Å². The average molecular weight is 250 g/mol. The molecule has 1 aliphatic carbocycles. The van der Waals surface area contributed by atoms with Crippen molar-refractivity contribution in [3.05, 3.63) is 23.3 Å². The summed E-state index contributed by atoms with van der Waals surface area (Å²) in [5.41, 5.74) is 2.28. The topological polar surface area (TPSA) is 38.7 Å². The highest BCUT2D eigenvalue weighted by Crippen LogP contribution is 2.45. The van der Waals surface area contributed by atoms with Gasteiger partial charge in [0.1, 0.15) is 11.5 Å².